The van der Waals surface area contributed by atoms with E-state index in [1.54, 1.807) is 25.3 Å². The van der Waals surface area contributed by atoms with Crippen LogP contribution in [0, 0.1) is 11.8 Å². The van der Waals surface area contributed by atoms with Crippen LogP contribution in [0.4, 0.5) is 0 Å². The van der Waals surface area contributed by atoms with Gasteiger partial charge in [0.05, 0.1) is 5.56 Å². The number of amides is 1. The molecule has 1 aromatic heterocycles. The third-order valence-corrected chi connectivity index (χ3v) is 5.58. The molecule has 0 radical (unpaired) electrons. The molecule has 132 valence electrons. The lowest BCUT2D eigenvalue weighted by Crippen LogP contribution is -2.47. The quantitative estimate of drug-likeness (QED) is 0.652. The highest BCUT2D eigenvalue weighted by molar-refractivity contribution is 7.98. The molecular formula is C18H26N2O3S. The number of ether oxygens (including phenoxy) is 1. The second-order valence-electron chi connectivity index (χ2n) is 6.49. The van der Waals surface area contributed by atoms with Crippen LogP contribution in [0.2, 0.25) is 0 Å². The molecule has 1 heterocycles. The molecule has 0 bridgehead atoms. The highest BCUT2D eigenvalue weighted by atomic mass is 32.2. The smallest absolute Gasteiger partial charge is 0.341 e. The van der Waals surface area contributed by atoms with E-state index in [0.717, 1.165) is 12.8 Å². The summed E-state index contributed by atoms with van der Waals surface area (Å²) < 4.78 is 5.34. The van der Waals surface area contributed by atoms with E-state index in [-0.39, 0.29) is 11.9 Å². The lowest BCUT2D eigenvalue weighted by atomic mass is 9.78. The Hall–Kier alpha value is -1.56. The van der Waals surface area contributed by atoms with Gasteiger partial charge in [-0.15, -0.1) is 11.8 Å². The van der Waals surface area contributed by atoms with Crippen LogP contribution >= 0.6 is 11.8 Å². The lowest BCUT2D eigenvalue weighted by Gasteiger charge is -2.35. The van der Waals surface area contributed by atoms with E-state index < -0.39 is 12.1 Å². The number of pyridine rings is 1. The summed E-state index contributed by atoms with van der Waals surface area (Å²) in [5.41, 5.74) is 0.393. The fourth-order valence-electron chi connectivity index (χ4n) is 3.07. The predicted octanol–water partition coefficient (Wildman–Crippen LogP) is 3.29. The van der Waals surface area contributed by atoms with Crippen LogP contribution in [0.1, 0.15) is 50.4 Å². The number of esters is 1. The Balaban J connectivity index is 1.95. The maximum atomic E-state index is 12.4. The largest absolute Gasteiger partial charge is 0.449 e. The minimum Gasteiger partial charge on any atom is -0.449 e. The molecule has 1 N–H and O–H groups in total. The molecule has 1 amide bonds. The van der Waals surface area contributed by atoms with Crippen LogP contribution in [-0.2, 0) is 9.53 Å². The maximum absolute atomic E-state index is 12.4. The first-order valence-electron chi connectivity index (χ1n) is 8.44. The molecule has 1 fully saturated rings. The highest BCUT2D eigenvalue weighted by Gasteiger charge is 2.30. The Morgan fingerprint density at radius 2 is 2.12 bits per heavy atom. The zero-order valence-corrected chi connectivity index (χ0v) is 15.6. The monoisotopic (exact) mass is 350 g/mol. The SMILES string of the molecule is CSc1ncccc1C(=O)O[C@H](C)C(=O)N[C@@H]1CCC[C@H](C)[C@@H]1C. The molecule has 0 saturated heterocycles. The number of nitrogens with zero attached hydrogens (tertiary/aromatic N) is 1. The first kappa shape index (κ1) is 18.8. The van der Waals surface area contributed by atoms with Gasteiger partial charge in [-0.3, -0.25) is 4.79 Å². The van der Waals surface area contributed by atoms with Crippen molar-refractivity contribution in [1.82, 2.24) is 10.3 Å². The Bertz CT molecular complexity index is 593. The average molecular weight is 350 g/mol. The van der Waals surface area contributed by atoms with E-state index in [0.29, 0.717) is 22.4 Å². The van der Waals surface area contributed by atoms with Crippen LogP contribution in [0.3, 0.4) is 0 Å². The third-order valence-electron chi connectivity index (χ3n) is 4.87. The molecule has 0 spiro atoms. The van der Waals surface area contributed by atoms with E-state index >= 15 is 0 Å². The summed E-state index contributed by atoms with van der Waals surface area (Å²) in [6.07, 6.45) is 5.97. The summed E-state index contributed by atoms with van der Waals surface area (Å²) in [5.74, 6) is 0.289. The van der Waals surface area contributed by atoms with Crippen molar-refractivity contribution in [2.75, 3.05) is 6.26 Å². The molecule has 4 atom stereocenters. The minimum absolute atomic E-state index is 0.155. The van der Waals surface area contributed by atoms with Crippen molar-refractivity contribution in [3.05, 3.63) is 23.9 Å². The van der Waals surface area contributed by atoms with Crippen molar-refractivity contribution in [1.29, 1.82) is 0 Å². The summed E-state index contributed by atoms with van der Waals surface area (Å²) in [5, 5.41) is 3.65. The number of hydrogen-bond donors (Lipinski definition) is 1. The third kappa shape index (κ3) is 4.50. The van der Waals surface area contributed by atoms with Gasteiger partial charge in [-0.1, -0.05) is 26.7 Å². The normalized spacial score (nSPS) is 24.9. The molecule has 0 aromatic carbocycles. The molecule has 2 rings (SSSR count). The van der Waals surface area contributed by atoms with E-state index in [1.165, 1.54) is 18.2 Å². The number of nitrogens with one attached hydrogen (secondary N) is 1. The average Bonchev–Trinajstić information content (AvgIpc) is 2.58. The highest BCUT2D eigenvalue weighted by Crippen LogP contribution is 2.29. The zero-order chi connectivity index (χ0) is 17.7. The van der Waals surface area contributed by atoms with Gasteiger partial charge >= 0.3 is 5.97 Å². The van der Waals surface area contributed by atoms with E-state index in [4.69, 9.17) is 4.74 Å². The number of carbonyl (C=O) groups excluding carboxylic acids is 2. The Kier molecular flexibility index (Phi) is 6.66. The van der Waals surface area contributed by atoms with Gasteiger partial charge in [-0.05, 0) is 43.6 Å². The summed E-state index contributed by atoms with van der Waals surface area (Å²) >= 11 is 1.38. The molecule has 1 saturated carbocycles. The summed E-state index contributed by atoms with van der Waals surface area (Å²) in [7, 11) is 0. The Labute approximate surface area is 147 Å². The topological polar surface area (TPSA) is 68.3 Å². The van der Waals surface area contributed by atoms with Gasteiger partial charge in [0, 0.05) is 12.2 Å². The second kappa shape index (κ2) is 8.51. The molecule has 1 aliphatic rings. The van der Waals surface area contributed by atoms with Crippen molar-refractivity contribution in [3.63, 3.8) is 0 Å². The van der Waals surface area contributed by atoms with E-state index in [9.17, 15) is 9.59 Å². The molecule has 0 aliphatic heterocycles. The fraction of sp³-hybridized carbons (Fsp3) is 0.611. The second-order valence-corrected chi connectivity index (χ2v) is 7.29. The number of hydrogen-bond acceptors (Lipinski definition) is 5. The van der Waals surface area contributed by atoms with Gasteiger partial charge in [0.25, 0.3) is 5.91 Å². The van der Waals surface area contributed by atoms with Gasteiger partial charge in [0.15, 0.2) is 6.10 Å². The molecule has 1 aliphatic carbocycles. The standard InChI is InChI=1S/C18H26N2O3S/c1-11-7-5-9-15(12(11)2)20-16(21)13(3)23-18(22)14-8-6-10-19-17(14)24-4/h6,8,10-13,15H,5,7,9H2,1-4H3,(H,20,21)/t11-,12-,13+,15+/m0/s1. The van der Waals surface area contributed by atoms with Gasteiger partial charge in [0.1, 0.15) is 5.03 Å². The van der Waals surface area contributed by atoms with Gasteiger partial charge in [-0.2, -0.15) is 0 Å². The van der Waals surface area contributed by atoms with Crippen molar-refractivity contribution in [2.24, 2.45) is 11.8 Å². The molecule has 5 nitrogen and oxygen atoms in total. The van der Waals surface area contributed by atoms with Crippen molar-refractivity contribution >= 4 is 23.6 Å². The van der Waals surface area contributed by atoms with Crippen LogP contribution in [0.15, 0.2) is 23.4 Å². The minimum atomic E-state index is -0.822. The fourth-order valence-corrected chi connectivity index (χ4v) is 3.61. The van der Waals surface area contributed by atoms with E-state index in [2.05, 4.69) is 24.1 Å². The first-order chi connectivity index (χ1) is 11.4. The maximum Gasteiger partial charge on any atom is 0.341 e. The molecular weight excluding hydrogens is 324 g/mol. The van der Waals surface area contributed by atoms with Crippen LogP contribution < -0.4 is 5.32 Å². The van der Waals surface area contributed by atoms with Gasteiger partial charge < -0.3 is 10.1 Å². The van der Waals surface area contributed by atoms with Gasteiger partial charge in [-0.25, -0.2) is 9.78 Å². The van der Waals surface area contributed by atoms with E-state index in [1.807, 2.05) is 6.26 Å². The van der Waals surface area contributed by atoms with Crippen LogP contribution in [0.5, 0.6) is 0 Å². The summed E-state index contributed by atoms with van der Waals surface area (Å²) in [6, 6.07) is 3.51. The summed E-state index contributed by atoms with van der Waals surface area (Å²) in [4.78, 5) is 28.8. The molecule has 6 heteroatoms. The molecule has 1 aromatic rings. The predicted molar refractivity (Wildman–Crippen MR) is 95.0 cm³/mol. The van der Waals surface area contributed by atoms with Crippen molar-refractivity contribution in [3.8, 4) is 0 Å². The Morgan fingerprint density at radius 3 is 2.83 bits per heavy atom. The lowest BCUT2D eigenvalue weighted by molar-refractivity contribution is -0.130. The number of aromatic nitrogens is 1. The number of carbonyl (C=O) groups is 2. The summed E-state index contributed by atoms with van der Waals surface area (Å²) in [6.45, 7) is 6.00. The zero-order valence-electron chi connectivity index (χ0n) is 14.7. The number of rotatable bonds is 5. The first-order valence-corrected chi connectivity index (χ1v) is 9.66. The van der Waals surface area contributed by atoms with Crippen molar-refractivity contribution in [2.45, 2.75) is 57.2 Å². The molecule has 24 heavy (non-hydrogen) atoms. The molecule has 0 unspecified atom stereocenters. The van der Waals surface area contributed by atoms with Crippen LogP contribution in [0.25, 0.3) is 0 Å². The van der Waals surface area contributed by atoms with Crippen LogP contribution in [-0.4, -0.2) is 35.3 Å². The van der Waals surface area contributed by atoms with Crippen molar-refractivity contribution < 1.29 is 14.3 Å². The van der Waals surface area contributed by atoms with Gasteiger partial charge in [0.2, 0.25) is 0 Å². The number of thioether (sulfide) groups is 1. The Morgan fingerprint density at radius 1 is 1.38 bits per heavy atom.